The van der Waals surface area contributed by atoms with Gasteiger partial charge in [0.05, 0.1) is 14.2 Å². The fourth-order valence-electron chi connectivity index (χ4n) is 1.13. The molecular formula is C11H16IN3O4. The van der Waals surface area contributed by atoms with Crippen LogP contribution in [0.1, 0.15) is 20.8 Å². The van der Waals surface area contributed by atoms with Gasteiger partial charge in [0, 0.05) is 0 Å². The van der Waals surface area contributed by atoms with E-state index in [9.17, 15) is 4.79 Å². The molecule has 0 unspecified atom stereocenters. The van der Waals surface area contributed by atoms with Crippen molar-refractivity contribution in [1.29, 1.82) is 0 Å². The molecule has 0 aliphatic heterocycles. The molecule has 19 heavy (non-hydrogen) atoms. The van der Waals surface area contributed by atoms with Crippen LogP contribution in [0.3, 0.4) is 0 Å². The number of aromatic nitrogens is 2. The van der Waals surface area contributed by atoms with Gasteiger partial charge in [0.2, 0.25) is 17.7 Å². The summed E-state index contributed by atoms with van der Waals surface area (Å²) in [5.74, 6) is 0.695. The molecule has 0 bridgehead atoms. The molecule has 0 aliphatic rings. The number of nitrogens with one attached hydrogen (secondary N) is 1. The third-order valence-corrected chi connectivity index (χ3v) is 2.71. The minimum atomic E-state index is -0.641. The van der Waals surface area contributed by atoms with Crippen LogP contribution < -0.4 is 14.8 Å². The van der Waals surface area contributed by atoms with E-state index in [0.717, 1.165) is 0 Å². The lowest BCUT2D eigenvalue weighted by Crippen LogP contribution is -2.28. The number of methoxy groups -OCH3 is 2. The molecule has 1 aromatic heterocycles. The van der Waals surface area contributed by atoms with Gasteiger partial charge in [-0.2, -0.15) is 9.97 Å². The maximum atomic E-state index is 11.6. The van der Waals surface area contributed by atoms with Crippen molar-refractivity contribution in [2.24, 2.45) is 0 Å². The molecule has 0 atom stereocenters. The van der Waals surface area contributed by atoms with Crippen LogP contribution in [0.4, 0.5) is 10.7 Å². The minimum Gasteiger partial charge on any atom is -0.480 e. The number of ether oxygens (including phenoxy) is 3. The lowest BCUT2D eigenvalue weighted by atomic mass is 10.2. The number of hydrogen-bond donors (Lipinski definition) is 1. The molecule has 0 aliphatic carbocycles. The van der Waals surface area contributed by atoms with Gasteiger partial charge in [-0.3, -0.25) is 5.32 Å². The van der Waals surface area contributed by atoms with E-state index in [2.05, 4.69) is 15.3 Å². The van der Waals surface area contributed by atoms with Crippen LogP contribution in [0, 0.1) is 3.57 Å². The van der Waals surface area contributed by atoms with E-state index in [0.29, 0.717) is 15.3 Å². The molecule has 0 saturated carbocycles. The van der Waals surface area contributed by atoms with Crippen LogP contribution in [0.5, 0.6) is 11.8 Å². The average Bonchev–Trinajstić information content (AvgIpc) is 2.28. The fraction of sp³-hybridized carbons (Fsp3) is 0.545. The first-order chi connectivity index (χ1) is 8.76. The Morgan fingerprint density at radius 3 is 2.00 bits per heavy atom. The summed E-state index contributed by atoms with van der Waals surface area (Å²) in [5.41, 5.74) is -0.596. The number of carbonyl (C=O) groups is 1. The number of hydrogen-bond acceptors (Lipinski definition) is 6. The van der Waals surface area contributed by atoms with E-state index in [1.807, 2.05) is 22.6 Å². The molecule has 0 spiro atoms. The summed E-state index contributed by atoms with van der Waals surface area (Å²) in [6.07, 6.45) is -0.641. The zero-order valence-corrected chi connectivity index (χ0v) is 13.6. The van der Waals surface area contributed by atoms with Crippen LogP contribution >= 0.6 is 22.6 Å². The number of halogens is 1. The maximum absolute atomic E-state index is 11.6. The molecule has 8 heteroatoms. The Balaban J connectivity index is 2.93. The molecule has 1 rings (SSSR count). The molecule has 1 heterocycles. The molecule has 7 nitrogen and oxygen atoms in total. The molecule has 1 amide bonds. The lowest BCUT2D eigenvalue weighted by molar-refractivity contribution is 0.0634. The third kappa shape index (κ3) is 4.69. The lowest BCUT2D eigenvalue weighted by Gasteiger charge is -2.19. The largest absolute Gasteiger partial charge is 0.480 e. The normalized spacial score (nSPS) is 10.8. The number of carbonyl (C=O) groups excluding carboxylic acids is 1. The van der Waals surface area contributed by atoms with E-state index in [1.165, 1.54) is 14.2 Å². The molecular weight excluding hydrogens is 365 g/mol. The Morgan fingerprint density at radius 2 is 1.63 bits per heavy atom. The smallest absolute Gasteiger partial charge is 0.414 e. The van der Waals surface area contributed by atoms with Crippen molar-refractivity contribution in [2.45, 2.75) is 26.4 Å². The highest BCUT2D eigenvalue weighted by Gasteiger charge is 2.19. The topological polar surface area (TPSA) is 82.6 Å². The van der Waals surface area contributed by atoms with Gasteiger partial charge in [0.1, 0.15) is 9.17 Å². The number of nitrogens with zero attached hydrogens (tertiary/aromatic N) is 2. The zero-order valence-electron chi connectivity index (χ0n) is 11.4. The van der Waals surface area contributed by atoms with Gasteiger partial charge in [-0.15, -0.1) is 0 Å². The van der Waals surface area contributed by atoms with Crippen molar-refractivity contribution >= 4 is 34.6 Å². The molecule has 0 aromatic carbocycles. The summed E-state index contributed by atoms with van der Waals surface area (Å²) >= 11 is 1.99. The summed E-state index contributed by atoms with van der Waals surface area (Å²) in [6, 6.07) is 0. The number of amides is 1. The van der Waals surface area contributed by atoms with Crippen LogP contribution in [0.15, 0.2) is 0 Å². The molecule has 1 N–H and O–H groups in total. The monoisotopic (exact) mass is 381 g/mol. The summed E-state index contributed by atoms with van der Waals surface area (Å²) in [7, 11) is 2.95. The first-order valence-electron chi connectivity index (χ1n) is 5.42. The fourth-order valence-corrected chi connectivity index (χ4v) is 1.81. The van der Waals surface area contributed by atoms with Crippen molar-refractivity contribution in [2.75, 3.05) is 19.5 Å². The second-order valence-electron chi connectivity index (χ2n) is 4.51. The van der Waals surface area contributed by atoms with Crippen LogP contribution in [0.25, 0.3) is 0 Å². The quantitative estimate of drug-likeness (QED) is 0.810. The second kappa shape index (κ2) is 6.22. The Bertz CT molecular complexity index is 448. The highest BCUT2D eigenvalue weighted by atomic mass is 127. The standard InChI is InChI=1S/C11H16IN3O4/c1-11(2,3)19-10(16)15-9-13-7(17-4)6(12)8(14-9)18-5/h1-5H3,(H,13,14,15,16). The van der Waals surface area contributed by atoms with Crippen LogP contribution in [-0.2, 0) is 4.74 Å². The van der Waals surface area contributed by atoms with E-state index in [-0.39, 0.29) is 5.95 Å². The summed E-state index contributed by atoms with van der Waals surface area (Å²) in [5, 5.41) is 2.43. The summed E-state index contributed by atoms with van der Waals surface area (Å²) < 4.78 is 15.9. The van der Waals surface area contributed by atoms with E-state index in [1.54, 1.807) is 20.8 Å². The Morgan fingerprint density at radius 1 is 1.16 bits per heavy atom. The Hall–Kier alpha value is -1.32. The third-order valence-electron chi connectivity index (χ3n) is 1.79. The van der Waals surface area contributed by atoms with Gasteiger partial charge < -0.3 is 14.2 Å². The summed E-state index contributed by atoms with van der Waals surface area (Å²) in [6.45, 7) is 5.30. The highest BCUT2D eigenvalue weighted by Crippen LogP contribution is 2.27. The van der Waals surface area contributed by atoms with E-state index in [4.69, 9.17) is 14.2 Å². The van der Waals surface area contributed by atoms with Gasteiger partial charge in [-0.1, -0.05) is 0 Å². The maximum Gasteiger partial charge on any atom is 0.414 e. The van der Waals surface area contributed by atoms with Crippen molar-refractivity contribution in [3.8, 4) is 11.8 Å². The SMILES string of the molecule is COc1nc(NC(=O)OC(C)(C)C)nc(OC)c1I. The molecule has 0 fully saturated rings. The van der Waals surface area contributed by atoms with Crippen LogP contribution in [0.2, 0.25) is 0 Å². The van der Waals surface area contributed by atoms with Crippen molar-refractivity contribution in [3.05, 3.63) is 3.57 Å². The Kier molecular flexibility index (Phi) is 5.15. The molecule has 0 saturated heterocycles. The predicted octanol–water partition coefficient (Wildman–Crippen LogP) is 2.45. The summed E-state index contributed by atoms with van der Waals surface area (Å²) in [4.78, 5) is 19.7. The van der Waals surface area contributed by atoms with Gasteiger partial charge >= 0.3 is 6.09 Å². The van der Waals surface area contributed by atoms with Crippen LogP contribution in [-0.4, -0.2) is 35.9 Å². The highest BCUT2D eigenvalue weighted by molar-refractivity contribution is 14.1. The number of anilines is 1. The minimum absolute atomic E-state index is 0.0587. The second-order valence-corrected chi connectivity index (χ2v) is 5.59. The zero-order chi connectivity index (χ0) is 14.6. The van der Waals surface area contributed by atoms with Crippen molar-refractivity contribution in [1.82, 2.24) is 9.97 Å². The van der Waals surface area contributed by atoms with Gasteiger partial charge in [0.15, 0.2) is 0 Å². The predicted molar refractivity (Wildman–Crippen MR) is 77.7 cm³/mol. The van der Waals surface area contributed by atoms with E-state index < -0.39 is 11.7 Å². The first-order valence-corrected chi connectivity index (χ1v) is 6.50. The Labute approximate surface area is 125 Å². The molecule has 1 aromatic rings. The molecule has 0 radical (unpaired) electrons. The van der Waals surface area contributed by atoms with Gasteiger partial charge in [-0.05, 0) is 43.4 Å². The van der Waals surface area contributed by atoms with Crippen molar-refractivity contribution in [3.63, 3.8) is 0 Å². The number of rotatable bonds is 3. The van der Waals surface area contributed by atoms with E-state index >= 15 is 0 Å². The van der Waals surface area contributed by atoms with Crippen molar-refractivity contribution < 1.29 is 19.0 Å². The first kappa shape index (κ1) is 15.7. The van der Waals surface area contributed by atoms with Gasteiger partial charge in [0.25, 0.3) is 0 Å². The molecule has 106 valence electrons. The van der Waals surface area contributed by atoms with Gasteiger partial charge in [-0.25, -0.2) is 4.79 Å². The average molecular weight is 381 g/mol.